The molecule has 0 radical (unpaired) electrons. The number of hydrogen-bond acceptors (Lipinski definition) is 4. The van der Waals surface area contributed by atoms with Gasteiger partial charge in [-0.25, -0.2) is 9.37 Å². The zero-order chi connectivity index (χ0) is 23.7. The van der Waals surface area contributed by atoms with Crippen LogP contribution in [0.4, 0.5) is 10.1 Å². The molecule has 1 N–H and O–H groups in total. The zero-order valence-corrected chi connectivity index (χ0v) is 20.2. The Morgan fingerprint density at radius 1 is 0.970 bits per heavy atom. The fourth-order valence-corrected chi connectivity index (χ4v) is 4.27. The first-order valence-electron chi connectivity index (χ1n) is 10.2. The molecule has 0 aliphatic heterocycles. The molecule has 0 aliphatic carbocycles. The molecule has 0 bridgehead atoms. The molecule has 4 rings (SSSR count). The number of nitrogens with one attached hydrogen (secondary N) is 1. The summed E-state index contributed by atoms with van der Waals surface area (Å²) >= 11 is 3.43. The Morgan fingerprint density at radius 2 is 1.67 bits per heavy atom. The largest absolute Gasteiger partial charge is 0.495 e. The van der Waals surface area contributed by atoms with Gasteiger partial charge in [0.05, 0.1) is 41.2 Å². The Labute approximate surface area is 199 Å². The van der Waals surface area contributed by atoms with E-state index >= 15 is 0 Å². The van der Waals surface area contributed by atoms with Gasteiger partial charge in [0.2, 0.25) is 0 Å². The average molecular weight is 509 g/mol. The Hall–Kier alpha value is -3.45. The second-order valence-electron chi connectivity index (χ2n) is 7.68. The predicted molar refractivity (Wildman–Crippen MR) is 132 cm³/mol. The quantitative estimate of drug-likeness (QED) is 0.326. The first-order chi connectivity index (χ1) is 15.8. The number of aryl methyl sites for hydroxylation is 2. The Morgan fingerprint density at radius 3 is 2.33 bits per heavy atom. The molecular formula is C26H22BrFN2O3. The lowest BCUT2D eigenvalue weighted by molar-refractivity contribution is 0.102. The molecule has 1 amide bonds. The predicted octanol–water partition coefficient (Wildman–Crippen LogP) is 6.69. The molecule has 3 aromatic carbocycles. The maximum absolute atomic E-state index is 13.5. The lowest BCUT2D eigenvalue weighted by Gasteiger charge is -2.15. The van der Waals surface area contributed by atoms with Gasteiger partial charge < -0.3 is 14.8 Å². The van der Waals surface area contributed by atoms with Gasteiger partial charge in [-0.3, -0.25) is 4.79 Å². The highest BCUT2D eigenvalue weighted by Gasteiger charge is 2.19. The van der Waals surface area contributed by atoms with E-state index in [1.54, 1.807) is 37.4 Å². The van der Waals surface area contributed by atoms with E-state index in [4.69, 9.17) is 14.5 Å². The van der Waals surface area contributed by atoms with Crippen LogP contribution in [0.1, 0.15) is 21.5 Å². The number of nitrogens with zero attached hydrogens (tertiary/aromatic N) is 1. The smallest absolute Gasteiger partial charge is 0.256 e. The molecule has 0 aliphatic rings. The van der Waals surface area contributed by atoms with E-state index in [2.05, 4.69) is 21.2 Å². The van der Waals surface area contributed by atoms with Crippen molar-refractivity contribution in [2.75, 3.05) is 19.5 Å². The molecule has 0 atom stereocenters. The number of carbonyl (C=O) groups is 1. The number of aromatic nitrogens is 1. The van der Waals surface area contributed by atoms with Gasteiger partial charge in [-0.05, 0) is 71.7 Å². The second-order valence-corrected chi connectivity index (χ2v) is 8.54. The fourth-order valence-electron chi connectivity index (χ4n) is 3.79. The number of anilines is 1. The first kappa shape index (κ1) is 22.7. The van der Waals surface area contributed by atoms with Crippen LogP contribution < -0.4 is 14.8 Å². The van der Waals surface area contributed by atoms with Crippen LogP contribution in [0.2, 0.25) is 0 Å². The molecule has 0 saturated carbocycles. The topological polar surface area (TPSA) is 60.5 Å². The van der Waals surface area contributed by atoms with Gasteiger partial charge in [0, 0.05) is 23.1 Å². The minimum atomic E-state index is -0.333. The molecular weight excluding hydrogens is 487 g/mol. The maximum atomic E-state index is 13.5. The molecule has 0 saturated heterocycles. The van der Waals surface area contributed by atoms with Crippen LogP contribution in [0.3, 0.4) is 0 Å². The number of rotatable bonds is 5. The number of methoxy groups -OCH3 is 2. The lowest BCUT2D eigenvalue weighted by atomic mass is 9.99. The van der Waals surface area contributed by atoms with Crippen LogP contribution in [0.5, 0.6) is 11.5 Å². The third kappa shape index (κ3) is 4.54. The van der Waals surface area contributed by atoms with Crippen LogP contribution in [0, 0.1) is 19.7 Å². The van der Waals surface area contributed by atoms with Crippen molar-refractivity contribution in [3.05, 3.63) is 81.6 Å². The Kier molecular flexibility index (Phi) is 6.33. The molecule has 4 aromatic rings. The van der Waals surface area contributed by atoms with Gasteiger partial charge in [-0.2, -0.15) is 0 Å². The number of ether oxygens (including phenoxy) is 2. The highest BCUT2D eigenvalue weighted by Crippen LogP contribution is 2.37. The van der Waals surface area contributed by atoms with Crippen LogP contribution in [-0.2, 0) is 0 Å². The first-order valence-corrected chi connectivity index (χ1v) is 11.0. The molecule has 33 heavy (non-hydrogen) atoms. The average Bonchev–Trinajstić information content (AvgIpc) is 2.79. The van der Waals surface area contributed by atoms with Crippen molar-refractivity contribution in [1.82, 2.24) is 4.98 Å². The highest BCUT2D eigenvalue weighted by atomic mass is 79.9. The van der Waals surface area contributed by atoms with E-state index in [1.807, 2.05) is 26.0 Å². The molecule has 5 nitrogen and oxygen atoms in total. The molecule has 1 heterocycles. The maximum Gasteiger partial charge on any atom is 0.256 e. The summed E-state index contributed by atoms with van der Waals surface area (Å²) in [4.78, 5) is 18.3. The van der Waals surface area contributed by atoms with Gasteiger partial charge in [-0.1, -0.05) is 11.6 Å². The van der Waals surface area contributed by atoms with E-state index < -0.39 is 0 Å². The fraction of sp³-hybridized carbons (Fsp3) is 0.154. The third-order valence-corrected chi connectivity index (χ3v) is 5.97. The second kappa shape index (κ2) is 9.19. The number of benzene rings is 3. The van der Waals surface area contributed by atoms with Gasteiger partial charge >= 0.3 is 0 Å². The zero-order valence-electron chi connectivity index (χ0n) is 18.6. The van der Waals surface area contributed by atoms with Crippen molar-refractivity contribution in [2.24, 2.45) is 0 Å². The molecule has 0 spiro atoms. The van der Waals surface area contributed by atoms with Crippen LogP contribution >= 0.6 is 15.9 Å². The summed E-state index contributed by atoms with van der Waals surface area (Å²) in [5.74, 6) is 0.393. The van der Waals surface area contributed by atoms with E-state index in [0.717, 1.165) is 22.1 Å². The number of hydrogen-bond donors (Lipinski definition) is 1. The SMILES string of the molecule is COc1cc(NC(=O)c2cc(-c3ccc(F)cc3)nc3c(C)cc(C)cc23)c(OC)cc1Br. The summed E-state index contributed by atoms with van der Waals surface area (Å²) in [5, 5.41) is 3.68. The van der Waals surface area contributed by atoms with Gasteiger partial charge in [-0.15, -0.1) is 0 Å². The molecule has 7 heteroatoms. The summed E-state index contributed by atoms with van der Waals surface area (Å²) in [6.45, 7) is 3.94. The normalized spacial score (nSPS) is 10.8. The minimum Gasteiger partial charge on any atom is -0.495 e. The summed E-state index contributed by atoms with van der Waals surface area (Å²) in [5.41, 5.74) is 4.91. The van der Waals surface area contributed by atoms with Crippen LogP contribution in [-0.4, -0.2) is 25.1 Å². The molecule has 0 unspecified atom stereocenters. The summed E-state index contributed by atoms with van der Waals surface area (Å²) in [6, 6.07) is 15.2. The Bertz CT molecular complexity index is 1370. The number of fused-ring (bicyclic) bond motifs is 1. The number of carbonyl (C=O) groups excluding carboxylic acids is 1. The summed E-state index contributed by atoms with van der Waals surface area (Å²) in [7, 11) is 3.08. The minimum absolute atomic E-state index is 0.321. The summed E-state index contributed by atoms with van der Waals surface area (Å²) < 4.78 is 25.0. The third-order valence-electron chi connectivity index (χ3n) is 5.36. The van der Waals surface area contributed by atoms with Gasteiger partial charge in [0.15, 0.2) is 0 Å². The molecule has 0 fully saturated rings. The van der Waals surface area contributed by atoms with E-state index in [0.29, 0.717) is 38.4 Å². The van der Waals surface area contributed by atoms with Crippen molar-refractivity contribution in [3.63, 3.8) is 0 Å². The van der Waals surface area contributed by atoms with Crippen LogP contribution in [0.25, 0.3) is 22.2 Å². The van der Waals surface area contributed by atoms with Crippen molar-refractivity contribution >= 4 is 38.4 Å². The number of amides is 1. The van der Waals surface area contributed by atoms with Gasteiger partial charge in [0.25, 0.3) is 5.91 Å². The van der Waals surface area contributed by atoms with Gasteiger partial charge in [0.1, 0.15) is 17.3 Å². The van der Waals surface area contributed by atoms with E-state index in [-0.39, 0.29) is 11.7 Å². The highest BCUT2D eigenvalue weighted by molar-refractivity contribution is 9.10. The number of halogens is 2. The van der Waals surface area contributed by atoms with Crippen molar-refractivity contribution in [3.8, 4) is 22.8 Å². The molecule has 168 valence electrons. The molecule has 1 aromatic heterocycles. The van der Waals surface area contributed by atoms with Crippen molar-refractivity contribution < 1.29 is 18.7 Å². The Balaban J connectivity index is 1.87. The standard InChI is InChI=1S/C26H22BrFN2O3/c1-14-9-15(2)25-18(10-14)19(11-21(29-25)16-5-7-17(28)8-6-16)26(31)30-22-13-23(32-3)20(27)12-24(22)33-4/h5-13H,1-4H3,(H,30,31). The lowest BCUT2D eigenvalue weighted by Crippen LogP contribution is -2.14. The number of pyridine rings is 1. The van der Waals surface area contributed by atoms with Crippen LogP contribution in [0.15, 0.2) is 59.1 Å². The van der Waals surface area contributed by atoms with E-state index in [9.17, 15) is 9.18 Å². The summed E-state index contributed by atoms with van der Waals surface area (Å²) in [6.07, 6.45) is 0. The monoisotopic (exact) mass is 508 g/mol. The van der Waals surface area contributed by atoms with Crippen molar-refractivity contribution in [1.29, 1.82) is 0 Å². The van der Waals surface area contributed by atoms with Crippen molar-refractivity contribution in [2.45, 2.75) is 13.8 Å². The van der Waals surface area contributed by atoms with E-state index in [1.165, 1.54) is 19.2 Å².